The first-order chi connectivity index (χ1) is 12.0. The summed E-state index contributed by atoms with van der Waals surface area (Å²) in [6.07, 6.45) is 3.67. The molecule has 0 fully saturated rings. The van der Waals surface area contributed by atoms with Crippen LogP contribution in [0.3, 0.4) is 0 Å². The predicted molar refractivity (Wildman–Crippen MR) is 96.9 cm³/mol. The van der Waals surface area contributed by atoms with Gasteiger partial charge in [0.25, 0.3) is 5.91 Å². The Kier molecular flexibility index (Phi) is 5.08. The van der Waals surface area contributed by atoms with Gasteiger partial charge in [-0.3, -0.25) is 4.79 Å². The van der Waals surface area contributed by atoms with Crippen LogP contribution in [-0.4, -0.2) is 33.9 Å². The van der Waals surface area contributed by atoms with E-state index < -0.39 is 0 Å². The quantitative estimate of drug-likeness (QED) is 0.626. The number of carbonyl (C=O) groups is 1. The second-order valence-corrected chi connectivity index (χ2v) is 6.25. The molecule has 130 valence electrons. The molecule has 1 aliphatic heterocycles. The van der Waals surface area contributed by atoms with Crippen LogP contribution in [0.2, 0.25) is 10.0 Å². The fourth-order valence-electron chi connectivity index (χ4n) is 2.60. The van der Waals surface area contributed by atoms with Crippen LogP contribution in [0.15, 0.2) is 48.1 Å². The number of hydrogen-bond donors (Lipinski definition) is 2. The Hall–Kier alpha value is -2.35. The van der Waals surface area contributed by atoms with Crippen LogP contribution in [0.5, 0.6) is 0 Å². The number of rotatable bonds is 3. The second kappa shape index (κ2) is 7.26. The largest absolute Gasteiger partial charge is 0.399 e. The molecule has 0 saturated carbocycles. The summed E-state index contributed by atoms with van der Waals surface area (Å²) in [5.74, 6) is 6.18. The summed E-state index contributed by atoms with van der Waals surface area (Å²) < 4.78 is 0. The minimum Gasteiger partial charge on any atom is -0.399 e. The molecule has 2 aromatic rings. The maximum Gasteiger partial charge on any atom is 0.255 e. The zero-order valence-corrected chi connectivity index (χ0v) is 14.7. The molecule has 1 aromatic heterocycles. The zero-order chi connectivity index (χ0) is 18.0. The van der Waals surface area contributed by atoms with Crippen LogP contribution in [0.4, 0.5) is 5.95 Å². The Bertz CT molecular complexity index is 827. The van der Waals surface area contributed by atoms with Gasteiger partial charge in [-0.05, 0) is 18.2 Å². The van der Waals surface area contributed by atoms with Crippen molar-refractivity contribution in [2.24, 2.45) is 11.6 Å². The van der Waals surface area contributed by atoms with Crippen LogP contribution in [0.1, 0.15) is 16.8 Å². The first-order valence-corrected chi connectivity index (χ1v) is 8.27. The Morgan fingerprint density at radius 3 is 2.60 bits per heavy atom. The predicted octanol–water partition coefficient (Wildman–Crippen LogP) is 2.18. The molecule has 2 heterocycles. The van der Waals surface area contributed by atoms with E-state index in [1.165, 1.54) is 5.01 Å². The molecule has 0 spiro atoms. The van der Waals surface area contributed by atoms with Crippen LogP contribution in [-0.2, 0) is 0 Å². The average molecular weight is 379 g/mol. The number of benzene rings is 1. The first kappa shape index (κ1) is 17.5. The molecule has 0 radical (unpaired) electrons. The third-order valence-corrected chi connectivity index (χ3v) is 4.70. The Balaban J connectivity index is 1.80. The molecule has 1 amide bonds. The van der Waals surface area contributed by atoms with E-state index in [2.05, 4.69) is 9.97 Å². The van der Waals surface area contributed by atoms with Gasteiger partial charge < -0.3 is 10.6 Å². The molecule has 3 rings (SSSR count). The lowest BCUT2D eigenvalue weighted by molar-refractivity contribution is 0.0762. The molecule has 0 unspecified atom stereocenters. The molecular weight excluding hydrogens is 363 g/mol. The number of amides is 1. The highest BCUT2D eigenvalue weighted by molar-refractivity contribution is 6.43. The van der Waals surface area contributed by atoms with Crippen LogP contribution in [0, 0.1) is 0 Å². The normalized spacial score (nSPS) is 14.6. The maximum atomic E-state index is 12.7. The zero-order valence-electron chi connectivity index (χ0n) is 13.2. The highest BCUT2D eigenvalue weighted by Gasteiger charge is 2.27. The van der Waals surface area contributed by atoms with Gasteiger partial charge in [-0.25, -0.2) is 20.8 Å². The van der Waals surface area contributed by atoms with Crippen molar-refractivity contribution in [2.75, 3.05) is 18.1 Å². The Morgan fingerprint density at radius 2 is 1.92 bits per heavy atom. The van der Waals surface area contributed by atoms with Crippen LogP contribution < -0.4 is 16.6 Å². The van der Waals surface area contributed by atoms with Gasteiger partial charge >= 0.3 is 0 Å². The van der Waals surface area contributed by atoms with Crippen LogP contribution >= 0.6 is 23.2 Å². The highest BCUT2D eigenvalue weighted by atomic mass is 35.5. The molecule has 0 bridgehead atoms. The number of hydrogen-bond acceptors (Lipinski definition) is 6. The number of carbonyl (C=O) groups excluding carboxylic acids is 1. The summed E-state index contributed by atoms with van der Waals surface area (Å²) in [5, 5.41) is 1.92. The van der Waals surface area contributed by atoms with E-state index in [-0.39, 0.29) is 17.5 Å². The lowest BCUT2D eigenvalue weighted by atomic mass is 10.1. The van der Waals surface area contributed by atoms with Crippen molar-refractivity contribution in [1.82, 2.24) is 14.9 Å². The molecule has 25 heavy (non-hydrogen) atoms. The summed E-state index contributed by atoms with van der Waals surface area (Å²) in [6.45, 7) is 0.676. The van der Waals surface area contributed by atoms with Crippen molar-refractivity contribution in [3.8, 4) is 0 Å². The van der Waals surface area contributed by atoms with Gasteiger partial charge in [0, 0.05) is 31.1 Å². The van der Waals surface area contributed by atoms with Gasteiger partial charge in [0.2, 0.25) is 5.95 Å². The first-order valence-electron chi connectivity index (χ1n) is 7.51. The van der Waals surface area contributed by atoms with E-state index in [1.807, 2.05) is 0 Å². The number of aromatic nitrogens is 2. The summed E-state index contributed by atoms with van der Waals surface area (Å²) in [4.78, 5) is 22.5. The summed E-state index contributed by atoms with van der Waals surface area (Å²) >= 11 is 12.1. The molecule has 7 nitrogen and oxygen atoms in total. The molecule has 1 aromatic carbocycles. The van der Waals surface area contributed by atoms with Gasteiger partial charge in [0.1, 0.15) is 0 Å². The Labute approximate surface area is 154 Å². The number of halogens is 2. The highest BCUT2D eigenvalue weighted by Crippen LogP contribution is 2.28. The number of hydrazine groups is 1. The smallest absolute Gasteiger partial charge is 0.255 e. The van der Waals surface area contributed by atoms with Crippen molar-refractivity contribution in [3.63, 3.8) is 0 Å². The van der Waals surface area contributed by atoms with Gasteiger partial charge in [0.15, 0.2) is 0 Å². The Morgan fingerprint density at radius 1 is 1.20 bits per heavy atom. The third-order valence-electron chi connectivity index (χ3n) is 3.88. The number of nitrogens with zero attached hydrogens (tertiary/aromatic N) is 4. The van der Waals surface area contributed by atoms with E-state index in [4.69, 9.17) is 34.8 Å². The van der Waals surface area contributed by atoms with E-state index in [9.17, 15) is 4.79 Å². The van der Waals surface area contributed by atoms with Crippen molar-refractivity contribution in [1.29, 1.82) is 0 Å². The van der Waals surface area contributed by atoms with E-state index in [0.29, 0.717) is 40.9 Å². The number of nitrogens with two attached hydrogens (primary N) is 2. The maximum absolute atomic E-state index is 12.7. The van der Waals surface area contributed by atoms with Crippen LogP contribution in [0.25, 0.3) is 0 Å². The van der Waals surface area contributed by atoms with Gasteiger partial charge in [-0.2, -0.15) is 0 Å². The standard InChI is InChI=1S/C16H16Cl2N6O/c17-11-4-1-3-10(14(11)18)15(25)23-8-5-13(12(19)9-23)24(20)16-21-6-2-7-22-16/h1-4,6-7H,5,8-9,19-20H2. The summed E-state index contributed by atoms with van der Waals surface area (Å²) in [5.41, 5.74) is 7.66. The average Bonchev–Trinajstić information content (AvgIpc) is 2.63. The fraction of sp³-hybridized carbons (Fsp3) is 0.188. The lowest BCUT2D eigenvalue weighted by Crippen LogP contribution is -2.44. The molecule has 0 saturated heterocycles. The molecule has 4 N–H and O–H groups in total. The molecular formula is C16H16Cl2N6O. The monoisotopic (exact) mass is 378 g/mol. The van der Waals surface area contributed by atoms with Gasteiger partial charge in [-0.15, -0.1) is 0 Å². The van der Waals surface area contributed by atoms with Crippen molar-refractivity contribution in [3.05, 3.63) is 63.7 Å². The SMILES string of the molecule is NC1=C(N(N)c2ncccn2)CCN(C(=O)c2cccc(Cl)c2Cl)C1. The van der Waals surface area contributed by atoms with E-state index in [1.54, 1.807) is 41.6 Å². The fourth-order valence-corrected chi connectivity index (χ4v) is 2.98. The second-order valence-electron chi connectivity index (χ2n) is 5.47. The molecule has 9 heteroatoms. The third kappa shape index (κ3) is 3.53. The van der Waals surface area contributed by atoms with E-state index in [0.717, 1.165) is 0 Å². The topological polar surface area (TPSA) is 101 Å². The van der Waals surface area contributed by atoms with Gasteiger partial charge in [-0.1, -0.05) is 29.3 Å². The van der Waals surface area contributed by atoms with Crippen molar-refractivity contribution < 1.29 is 4.79 Å². The van der Waals surface area contributed by atoms with E-state index >= 15 is 0 Å². The van der Waals surface area contributed by atoms with Crippen molar-refractivity contribution in [2.45, 2.75) is 6.42 Å². The molecule has 1 aliphatic rings. The van der Waals surface area contributed by atoms with Crippen molar-refractivity contribution >= 4 is 35.1 Å². The van der Waals surface area contributed by atoms with Gasteiger partial charge in [0.05, 0.1) is 27.9 Å². The minimum absolute atomic E-state index is 0.228. The summed E-state index contributed by atoms with van der Waals surface area (Å²) in [7, 11) is 0. The number of anilines is 1. The lowest BCUT2D eigenvalue weighted by Gasteiger charge is -2.32. The minimum atomic E-state index is -0.228. The summed E-state index contributed by atoms with van der Waals surface area (Å²) in [6, 6.07) is 6.66. The molecule has 0 atom stereocenters. The molecule has 0 aliphatic carbocycles.